The van der Waals surface area contributed by atoms with Crippen molar-refractivity contribution < 1.29 is 9.59 Å². The van der Waals surface area contributed by atoms with Gasteiger partial charge >= 0.3 is 0 Å². The van der Waals surface area contributed by atoms with Crippen LogP contribution in [-0.2, 0) is 9.59 Å². The van der Waals surface area contributed by atoms with Crippen LogP contribution in [-0.4, -0.2) is 72.9 Å². The molecule has 1 saturated carbocycles. The first-order chi connectivity index (χ1) is 13.8. The number of guanidine groups is 1. The number of aliphatic imine (C=N–C) groups is 1. The SMILES string of the molecule is CN=C(NCCCN1C(=O)C2C3C=CC(C3)C2C1=O)NCCN(C(C)C)C(C)C.I. The number of rotatable bonds is 9. The molecule has 30 heavy (non-hydrogen) atoms. The number of imide groups is 1. The molecule has 0 radical (unpaired) electrons. The lowest BCUT2D eigenvalue weighted by atomic mass is 9.85. The maximum absolute atomic E-state index is 12.7. The Bertz CT molecular complexity index is 640. The van der Waals surface area contributed by atoms with Gasteiger partial charge in [0, 0.05) is 45.3 Å². The van der Waals surface area contributed by atoms with Crippen molar-refractivity contribution in [1.82, 2.24) is 20.4 Å². The van der Waals surface area contributed by atoms with Crippen LogP contribution in [0.1, 0.15) is 40.5 Å². The largest absolute Gasteiger partial charge is 0.356 e. The zero-order chi connectivity index (χ0) is 21.1. The smallest absolute Gasteiger partial charge is 0.233 e. The molecular formula is C22H38IN5O2. The van der Waals surface area contributed by atoms with E-state index in [1.54, 1.807) is 7.05 Å². The highest BCUT2D eigenvalue weighted by molar-refractivity contribution is 14.0. The van der Waals surface area contributed by atoms with E-state index in [-0.39, 0.29) is 59.5 Å². The first-order valence-corrected chi connectivity index (χ1v) is 11.1. The topological polar surface area (TPSA) is 77.0 Å². The third kappa shape index (κ3) is 5.18. The molecule has 4 atom stereocenters. The van der Waals surface area contributed by atoms with Crippen molar-refractivity contribution in [3.8, 4) is 0 Å². The Morgan fingerprint density at radius 3 is 2.10 bits per heavy atom. The first-order valence-electron chi connectivity index (χ1n) is 11.1. The summed E-state index contributed by atoms with van der Waals surface area (Å²) in [6.45, 7) is 11.8. The second-order valence-electron chi connectivity index (χ2n) is 9.03. The maximum Gasteiger partial charge on any atom is 0.233 e. The highest BCUT2D eigenvalue weighted by atomic mass is 127. The van der Waals surface area contributed by atoms with Crippen LogP contribution >= 0.6 is 24.0 Å². The van der Waals surface area contributed by atoms with E-state index in [1.165, 1.54) is 4.90 Å². The van der Waals surface area contributed by atoms with Gasteiger partial charge in [-0.1, -0.05) is 12.2 Å². The number of nitrogens with zero attached hydrogens (tertiary/aromatic N) is 3. The van der Waals surface area contributed by atoms with E-state index < -0.39 is 0 Å². The molecule has 170 valence electrons. The Labute approximate surface area is 198 Å². The molecule has 0 aromatic heterocycles. The molecule has 3 aliphatic rings. The van der Waals surface area contributed by atoms with Gasteiger partial charge < -0.3 is 10.6 Å². The molecular weight excluding hydrogens is 493 g/mol. The van der Waals surface area contributed by atoms with E-state index in [0.29, 0.717) is 25.2 Å². The minimum Gasteiger partial charge on any atom is -0.356 e. The van der Waals surface area contributed by atoms with Gasteiger partial charge in [-0.15, -0.1) is 24.0 Å². The van der Waals surface area contributed by atoms with Crippen LogP contribution in [0, 0.1) is 23.7 Å². The normalized spacial score (nSPS) is 27.5. The second-order valence-corrected chi connectivity index (χ2v) is 9.03. The van der Waals surface area contributed by atoms with Crippen molar-refractivity contribution >= 4 is 41.8 Å². The number of hydrogen-bond acceptors (Lipinski definition) is 4. The Kier molecular flexibility index (Phi) is 9.14. The fraction of sp³-hybridized carbons (Fsp3) is 0.773. The lowest BCUT2D eigenvalue weighted by molar-refractivity contribution is -0.140. The molecule has 7 nitrogen and oxygen atoms in total. The van der Waals surface area contributed by atoms with Crippen molar-refractivity contribution in [2.24, 2.45) is 28.7 Å². The molecule has 2 bridgehead atoms. The van der Waals surface area contributed by atoms with E-state index in [0.717, 1.165) is 31.9 Å². The molecule has 4 unspecified atom stereocenters. The number of fused-ring (bicyclic) bond motifs is 5. The summed E-state index contributed by atoms with van der Waals surface area (Å²) in [5.74, 6) is 1.22. The minimum atomic E-state index is -0.0928. The summed E-state index contributed by atoms with van der Waals surface area (Å²) in [5.41, 5.74) is 0. The molecule has 2 N–H and O–H groups in total. The van der Waals surface area contributed by atoms with Crippen molar-refractivity contribution in [3.05, 3.63) is 12.2 Å². The highest BCUT2D eigenvalue weighted by Crippen LogP contribution is 2.52. The molecule has 0 aromatic rings. The lowest BCUT2D eigenvalue weighted by Gasteiger charge is -2.30. The van der Waals surface area contributed by atoms with Gasteiger partial charge in [0.1, 0.15) is 0 Å². The van der Waals surface area contributed by atoms with Crippen molar-refractivity contribution in [2.45, 2.75) is 52.6 Å². The predicted octanol–water partition coefficient (Wildman–Crippen LogP) is 2.09. The number of halogens is 1. The van der Waals surface area contributed by atoms with Gasteiger partial charge in [-0.05, 0) is 52.4 Å². The van der Waals surface area contributed by atoms with E-state index >= 15 is 0 Å². The van der Waals surface area contributed by atoms with Crippen molar-refractivity contribution in [1.29, 1.82) is 0 Å². The summed E-state index contributed by atoms with van der Waals surface area (Å²) < 4.78 is 0. The monoisotopic (exact) mass is 531 g/mol. The number of carbonyl (C=O) groups excluding carboxylic acids is 2. The quantitative estimate of drug-likeness (QED) is 0.119. The van der Waals surface area contributed by atoms with Crippen LogP contribution in [0.15, 0.2) is 17.1 Å². The number of allylic oxidation sites excluding steroid dienone is 2. The van der Waals surface area contributed by atoms with Gasteiger partial charge in [0.15, 0.2) is 5.96 Å². The predicted molar refractivity (Wildman–Crippen MR) is 131 cm³/mol. The van der Waals surface area contributed by atoms with Gasteiger partial charge in [0.2, 0.25) is 11.8 Å². The van der Waals surface area contributed by atoms with Crippen LogP contribution in [0.3, 0.4) is 0 Å². The van der Waals surface area contributed by atoms with Gasteiger partial charge in [0.25, 0.3) is 0 Å². The van der Waals surface area contributed by atoms with Crippen LogP contribution in [0.2, 0.25) is 0 Å². The molecule has 8 heteroatoms. The highest BCUT2D eigenvalue weighted by Gasteiger charge is 2.58. The summed E-state index contributed by atoms with van der Waals surface area (Å²) in [4.78, 5) is 33.6. The summed E-state index contributed by atoms with van der Waals surface area (Å²) in [6, 6.07) is 1.01. The number of nitrogens with one attached hydrogen (secondary N) is 2. The Morgan fingerprint density at radius 2 is 1.60 bits per heavy atom. The van der Waals surface area contributed by atoms with E-state index in [1.807, 2.05) is 0 Å². The molecule has 0 spiro atoms. The average molecular weight is 531 g/mol. The van der Waals surface area contributed by atoms with Gasteiger partial charge in [-0.2, -0.15) is 0 Å². The maximum atomic E-state index is 12.7. The Balaban J connectivity index is 0.00000320. The molecule has 1 heterocycles. The standard InChI is InChI=1S/C22H37N5O2.HI/c1-14(2)26(15(3)4)12-10-25-22(23-5)24-9-6-11-27-20(28)18-16-7-8-17(13-16)19(18)21(27)29;/h7-8,14-19H,6,9-13H2,1-5H3,(H2,23,24,25);1H. The molecule has 1 aliphatic heterocycles. The summed E-state index contributed by atoms with van der Waals surface area (Å²) >= 11 is 0. The zero-order valence-electron chi connectivity index (χ0n) is 18.9. The number of hydrogen-bond donors (Lipinski definition) is 2. The van der Waals surface area contributed by atoms with E-state index in [4.69, 9.17) is 0 Å². The van der Waals surface area contributed by atoms with E-state index in [2.05, 4.69) is 60.4 Å². The van der Waals surface area contributed by atoms with Crippen molar-refractivity contribution in [3.63, 3.8) is 0 Å². The zero-order valence-corrected chi connectivity index (χ0v) is 21.3. The number of likely N-dealkylation sites (tertiary alicyclic amines) is 1. The van der Waals surface area contributed by atoms with Crippen LogP contribution in [0.25, 0.3) is 0 Å². The number of amides is 2. The molecule has 1 saturated heterocycles. The van der Waals surface area contributed by atoms with E-state index in [9.17, 15) is 9.59 Å². The fourth-order valence-corrected chi connectivity index (χ4v) is 5.27. The summed E-state index contributed by atoms with van der Waals surface area (Å²) in [6.07, 6.45) is 5.98. The third-order valence-corrected chi connectivity index (χ3v) is 6.63. The molecule has 2 fully saturated rings. The summed E-state index contributed by atoms with van der Waals surface area (Å²) in [5, 5.41) is 6.64. The van der Waals surface area contributed by atoms with Gasteiger partial charge in [-0.25, -0.2) is 0 Å². The Morgan fingerprint density at radius 1 is 1.07 bits per heavy atom. The average Bonchev–Trinajstić information content (AvgIpc) is 3.35. The fourth-order valence-electron chi connectivity index (χ4n) is 5.27. The summed E-state index contributed by atoms with van der Waals surface area (Å²) in [7, 11) is 1.76. The Hall–Kier alpha value is -1.16. The molecule has 2 amide bonds. The molecule has 2 aliphatic carbocycles. The number of carbonyl (C=O) groups is 2. The third-order valence-electron chi connectivity index (χ3n) is 6.63. The van der Waals surface area contributed by atoms with Gasteiger partial charge in [-0.3, -0.25) is 24.4 Å². The van der Waals surface area contributed by atoms with Gasteiger partial charge in [0.05, 0.1) is 11.8 Å². The van der Waals surface area contributed by atoms with Crippen LogP contribution < -0.4 is 10.6 Å². The van der Waals surface area contributed by atoms with Crippen LogP contribution in [0.4, 0.5) is 0 Å². The second kappa shape index (κ2) is 10.9. The van der Waals surface area contributed by atoms with Crippen LogP contribution in [0.5, 0.6) is 0 Å². The lowest BCUT2D eigenvalue weighted by Crippen LogP contribution is -2.45. The molecule has 3 rings (SSSR count). The first kappa shape index (κ1) is 25.1. The van der Waals surface area contributed by atoms with Crippen molar-refractivity contribution in [2.75, 3.05) is 33.2 Å². The minimum absolute atomic E-state index is 0. The molecule has 0 aromatic carbocycles.